The summed E-state index contributed by atoms with van der Waals surface area (Å²) in [5.74, 6) is -3.02. The third-order valence-electron chi connectivity index (χ3n) is 6.60. The minimum atomic E-state index is -2.30. The molecule has 2 aliphatic rings. The van der Waals surface area contributed by atoms with E-state index in [-0.39, 0.29) is 31.7 Å². The highest BCUT2D eigenvalue weighted by atomic mass is 32.2. The summed E-state index contributed by atoms with van der Waals surface area (Å²) >= 11 is 1.14. The Bertz CT molecular complexity index is 1490. The summed E-state index contributed by atoms with van der Waals surface area (Å²) in [5, 5.41) is 13.3. The Balaban J connectivity index is 1.38. The first-order valence-electron chi connectivity index (χ1n) is 12.9. The molecule has 1 N–H and O–H groups in total. The van der Waals surface area contributed by atoms with Crippen LogP contribution in [0.15, 0.2) is 89.8 Å². The zero-order valence-corrected chi connectivity index (χ0v) is 22.9. The highest BCUT2D eigenvalue weighted by molar-refractivity contribution is 8.00. The summed E-state index contributed by atoms with van der Waals surface area (Å²) in [6, 6.07) is 22.1. The van der Waals surface area contributed by atoms with Gasteiger partial charge in [-0.05, 0) is 35.4 Å². The van der Waals surface area contributed by atoms with Gasteiger partial charge in [-0.2, -0.15) is 5.06 Å². The van der Waals surface area contributed by atoms with Crippen molar-refractivity contribution in [2.75, 3.05) is 6.61 Å². The van der Waals surface area contributed by atoms with E-state index in [1.165, 1.54) is 24.3 Å². The molecule has 5 rings (SSSR count). The topological polar surface area (TPSA) is 154 Å². The second kappa shape index (κ2) is 12.4. The fourth-order valence-electron chi connectivity index (χ4n) is 4.57. The first-order chi connectivity index (χ1) is 20.3. The van der Waals surface area contributed by atoms with E-state index in [1.807, 2.05) is 12.1 Å². The quantitative estimate of drug-likeness (QED) is 0.211. The summed E-state index contributed by atoms with van der Waals surface area (Å²) in [6.45, 7) is -0.616. The lowest BCUT2D eigenvalue weighted by molar-refractivity contribution is -0.384. The molecule has 2 amide bonds. The van der Waals surface area contributed by atoms with Gasteiger partial charge in [0.25, 0.3) is 11.6 Å². The number of nitro benzene ring substituents is 1. The summed E-state index contributed by atoms with van der Waals surface area (Å²) in [7, 11) is 0. The van der Waals surface area contributed by atoms with Gasteiger partial charge in [-0.3, -0.25) is 29.3 Å². The first-order valence-corrected chi connectivity index (χ1v) is 13.8. The van der Waals surface area contributed by atoms with Crippen molar-refractivity contribution >= 4 is 41.2 Å². The molecule has 12 nitrogen and oxygen atoms in total. The van der Waals surface area contributed by atoms with E-state index >= 15 is 0 Å². The van der Waals surface area contributed by atoms with Crippen LogP contribution in [0.25, 0.3) is 0 Å². The molecule has 2 unspecified atom stereocenters. The highest BCUT2D eigenvalue weighted by Gasteiger charge is 2.66. The van der Waals surface area contributed by atoms with Crippen molar-refractivity contribution in [3.63, 3.8) is 0 Å². The Morgan fingerprint density at radius 1 is 1.00 bits per heavy atom. The largest absolute Gasteiger partial charge is 0.456 e. The fraction of sp³-hybridized carbons (Fsp3) is 0.241. The second-order valence-electron chi connectivity index (χ2n) is 9.50. The van der Waals surface area contributed by atoms with Crippen molar-refractivity contribution in [1.29, 1.82) is 0 Å². The Morgan fingerprint density at radius 3 is 2.33 bits per heavy atom. The van der Waals surface area contributed by atoms with E-state index in [0.29, 0.717) is 15.5 Å². The highest BCUT2D eigenvalue weighted by Crippen LogP contribution is 2.44. The number of carbonyl (C=O) groups excluding carboxylic acids is 4. The molecule has 216 valence electrons. The number of thioether (sulfide) groups is 1. The Hall–Kier alpha value is -4.75. The van der Waals surface area contributed by atoms with Crippen molar-refractivity contribution in [3.05, 3.63) is 106 Å². The van der Waals surface area contributed by atoms with Crippen molar-refractivity contribution in [1.82, 2.24) is 10.4 Å². The number of nitro groups is 1. The monoisotopic (exact) mass is 591 g/mol. The summed E-state index contributed by atoms with van der Waals surface area (Å²) < 4.78 is 11.1. The predicted molar refractivity (Wildman–Crippen MR) is 147 cm³/mol. The molecule has 2 heterocycles. The van der Waals surface area contributed by atoms with Gasteiger partial charge in [0, 0.05) is 17.0 Å². The number of non-ortho nitro benzene ring substituents is 1. The maximum Gasteiger partial charge on any atom is 0.376 e. The van der Waals surface area contributed by atoms with Gasteiger partial charge in [0.05, 0.1) is 23.0 Å². The van der Waals surface area contributed by atoms with Gasteiger partial charge >= 0.3 is 17.7 Å². The minimum absolute atomic E-state index is 0.0223. The minimum Gasteiger partial charge on any atom is -0.456 e. The van der Waals surface area contributed by atoms with Crippen LogP contribution in [0.5, 0.6) is 0 Å². The molecule has 0 saturated carbocycles. The Morgan fingerprint density at radius 2 is 1.67 bits per heavy atom. The zero-order valence-electron chi connectivity index (χ0n) is 22.0. The summed E-state index contributed by atoms with van der Waals surface area (Å²) in [5.41, 5.74) is -1.26. The molecule has 0 spiro atoms. The lowest BCUT2D eigenvalue weighted by Crippen LogP contribution is -2.62. The molecule has 42 heavy (non-hydrogen) atoms. The molecule has 3 aromatic carbocycles. The number of nitrogens with zero attached hydrogens (tertiary/aromatic N) is 2. The number of benzene rings is 3. The molecule has 0 aliphatic carbocycles. The van der Waals surface area contributed by atoms with E-state index in [9.17, 15) is 29.3 Å². The normalized spacial score (nSPS) is 21.6. The number of rotatable bonds is 10. The standard InChI is InChI=1S/C29H25N3O9S/c33-25(15-19-7-3-1-4-8-19)30-23-18-40-31(27(23)35)29(24(16-26(34)41-29)42-22-9-5-2-6-10-22)28(36)39-17-20-11-13-21(14-12-20)32(37)38/h1-14,23-24H,15-18H2,(H,30,33)/t23-,24?,29?/m0/s1. The second-order valence-corrected chi connectivity index (χ2v) is 10.8. The number of ether oxygens (including phenoxy) is 2. The average molecular weight is 592 g/mol. The number of amides is 2. The maximum atomic E-state index is 13.8. The van der Waals surface area contributed by atoms with Crippen LogP contribution in [0.1, 0.15) is 17.5 Å². The van der Waals surface area contributed by atoms with Gasteiger partial charge in [-0.1, -0.05) is 48.5 Å². The molecule has 2 saturated heterocycles. The number of hydrogen-bond donors (Lipinski definition) is 1. The van der Waals surface area contributed by atoms with E-state index in [0.717, 1.165) is 17.3 Å². The molecule has 0 radical (unpaired) electrons. The number of carbonyl (C=O) groups is 4. The number of hydroxylamine groups is 2. The van der Waals surface area contributed by atoms with E-state index in [2.05, 4.69) is 5.32 Å². The fourth-order valence-corrected chi connectivity index (χ4v) is 5.83. The number of nitrogens with one attached hydrogen (secondary N) is 1. The maximum absolute atomic E-state index is 13.8. The first kappa shape index (κ1) is 28.8. The predicted octanol–water partition coefficient (Wildman–Crippen LogP) is 2.94. The van der Waals surface area contributed by atoms with Gasteiger partial charge in [-0.25, -0.2) is 4.79 Å². The van der Waals surface area contributed by atoms with Crippen LogP contribution >= 0.6 is 11.8 Å². The van der Waals surface area contributed by atoms with Gasteiger partial charge in [0.15, 0.2) is 0 Å². The molecular weight excluding hydrogens is 566 g/mol. The molecule has 3 aromatic rings. The lowest BCUT2D eigenvalue weighted by atomic mass is 10.1. The van der Waals surface area contributed by atoms with Crippen molar-refractivity contribution < 1.29 is 38.4 Å². The van der Waals surface area contributed by atoms with Crippen molar-refractivity contribution in [3.8, 4) is 0 Å². The number of hydrogen-bond acceptors (Lipinski definition) is 10. The molecule has 2 aliphatic heterocycles. The molecular formula is C29H25N3O9S. The van der Waals surface area contributed by atoms with Gasteiger partial charge in [-0.15, -0.1) is 11.8 Å². The van der Waals surface area contributed by atoms with Crippen LogP contribution < -0.4 is 5.32 Å². The van der Waals surface area contributed by atoms with Crippen LogP contribution in [0.3, 0.4) is 0 Å². The van der Waals surface area contributed by atoms with E-state index in [1.54, 1.807) is 48.5 Å². The molecule has 0 aromatic heterocycles. The smallest absolute Gasteiger partial charge is 0.376 e. The van der Waals surface area contributed by atoms with Crippen LogP contribution in [0.2, 0.25) is 0 Å². The SMILES string of the molecule is O=C(Cc1ccccc1)N[C@H]1CON(C2(C(=O)OCc3ccc([N+](=O)[O-])cc3)OC(=O)CC2Sc2ccccc2)C1=O. The molecule has 13 heteroatoms. The number of esters is 2. The average Bonchev–Trinajstić information content (AvgIpc) is 3.51. The van der Waals surface area contributed by atoms with Crippen LogP contribution in [-0.2, 0) is 46.5 Å². The Kier molecular flexibility index (Phi) is 8.50. The van der Waals surface area contributed by atoms with Gasteiger partial charge < -0.3 is 14.8 Å². The number of cyclic esters (lactones) is 1. The van der Waals surface area contributed by atoms with Crippen molar-refractivity contribution in [2.24, 2.45) is 0 Å². The van der Waals surface area contributed by atoms with Crippen LogP contribution in [-0.4, -0.2) is 57.4 Å². The Labute approximate surface area is 244 Å². The van der Waals surface area contributed by atoms with Crippen molar-refractivity contribution in [2.45, 2.75) is 41.4 Å². The third kappa shape index (κ3) is 6.11. The van der Waals surface area contributed by atoms with Crippen LogP contribution in [0.4, 0.5) is 5.69 Å². The van der Waals surface area contributed by atoms with E-state index in [4.69, 9.17) is 14.3 Å². The summed E-state index contributed by atoms with van der Waals surface area (Å²) in [6.07, 6.45) is -0.209. The third-order valence-corrected chi connectivity index (χ3v) is 7.92. The molecule has 0 bridgehead atoms. The van der Waals surface area contributed by atoms with Crippen LogP contribution in [0, 0.1) is 10.1 Å². The lowest BCUT2D eigenvalue weighted by Gasteiger charge is -2.36. The molecule has 3 atom stereocenters. The molecule has 2 fully saturated rings. The van der Waals surface area contributed by atoms with Gasteiger partial charge in [0.1, 0.15) is 19.3 Å². The summed E-state index contributed by atoms with van der Waals surface area (Å²) in [4.78, 5) is 69.5. The van der Waals surface area contributed by atoms with E-state index < -0.39 is 45.7 Å². The van der Waals surface area contributed by atoms with Gasteiger partial charge in [0.2, 0.25) is 5.91 Å². The zero-order chi connectivity index (χ0) is 29.7.